The standard InChI is InChI=1S/Au.2H3N.Ni.Pt.W/h;2*1H3;;;. The molecule has 0 aliphatic heterocycles. The normalized spacial score (nSPS) is 0. The predicted molar refractivity (Wildman–Crippen MR) is 10.0 cm³/mol. The van der Waals surface area contributed by atoms with Crippen molar-refractivity contribution >= 4 is 0 Å². The van der Waals surface area contributed by atoms with Gasteiger partial charge in [0, 0.05) is 81.0 Å². The molecule has 1 radical (unpaired) electrons. The molecule has 6 heavy (non-hydrogen) atoms. The zero-order valence-corrected chi connectivity index (χ0v) is 11.1. The van der Waals surface area contributed by atoms with Crippen LogP contribution in [0, 0.1) is 0 Å². The van der Waals surface area contributed by atoms with Gasteiger partial charge in [-0.1, -0.05) is 0 Å². The molecule has 2 nitrogen and oxygen atoms in total. The second-order valence-corrected chi connectivity index (χ2v) is 0. The quantitative estimate of drug-likeness (QED) is 0.366. The smallest absolute Gasteiger partial charge is 0 e. The Morgan fingerprint density at radius 1 is 0.833 bits per heavy atom. The fraction of sp³-hybridized carbons (Fsp3) is 0. The van der Waals surface area contributed by atoms with Gasteiger partial charge in [0.05, 0.1) is 0 Å². The van der Waals surface area contributed by atoms with E-state index in [2.05, 4.69) is 0 Å². The first-order chi connectivity index (χ1) is 0. The van der Waals surface area contributed by atoms with Gasteiger partial charge in [0.25, 0.3) is 0 Å². The van der Waals surface area contributed by atoms with E-state index in [1.165, 1.54) is 0 Å². The molecule has 0 saturated heterocycles. The summed E-state index contributed by atoms with van der Waals surface area (Å²) in [6.45, 7) is 0. The number of hydrogen-bond donors (Lipinski definition) is 2. The number of rotatable bonds is 0. The molecule has 0 amide bonds. The van der Waals surface area contributed by atoms with Gasteiger partial charge in [-0.15, -0.1) is 0 Å². The van der Waals surface area contributed by atoms with Crippen molar-refractivity contribution < 1.29 is 81.0 Å². The molecule has 0 aromatic carbocycles. The Balaban J connectivity index is 0. The summed E-state index contributed by atoms with van der Waals surface area (Å²) in [5, 5.41) is 0. The molecular weight excluding hydrogens is 663 g/mol. The van der Waals surface area contributed by atoms with Gasteiger partial charge >= 0.3 is 0 Å². The molecule has 0 unspecified atom stereocenters. The molecule has 0 saturated carbocycles. The van der Waals surface area contributed by atoms with Crippen LogP contribution in [0.1, 0.15) is 0 Å². The van der Waals surface area contributed by atoms with Gasteiger partial charge in [-0.2, -0.15) is 0 Å². The molecule has 0 heterocycles. The average molecular weight is 669 g/mol. The third-order valence-electron chi connectivity index (χ3n) is 0. The van der Waals surface area contributed by atoms with E-state index in [9.17, 15) is 0 Å². The average Bonchev–Trinajstić information content (AvgIpc) is 0. The first kappa shape index (κ1) is 75.5. The Hall–Kier alpha value is 2.53. The van der Waals surface area contributed by atoms with Crippen LogP contribution in [0.3, 0.4) is 0 Å². The molecule has 0 aromatic rings. The van der Waals surface area contributed by atoms with Gasteiger partial charge in [0.15, 0.2) is 0 Å². The maximum atomic E-state index is 0. The summed E-state index contributed by atoms with van der Waals surface area (Å²) in [5.41, 5.74) is 0. The van der Waals surface area contributed by atoms with E-state index in [0.717, 1.165) is 0 Å². The molecule has 0 rings (SSSR count). The molecule has 6 N–H and O–H groups in total. The van der Waals surface area contributed by atoms with E-state index < -0.39 is 0 Å². The van der Waals surface area contributed by atoms with Crippen molar-refractivity contribution in [1.29, 1.82) is 0 Å². The van der Waals surface area contributed by atoms with Crippen molar-refractivity contribution in [2.24, 2.45) is 0 Å². The minimum atomic E-state index is 0. The van der Waals surface area contributed by atoms with E-state index in [1.54, 1.807) is 0 Å². The topological polar surface area (TPSA) is 70.0 Å². The van der Waals surface area contributed by atoms with Crippen LogP contribution < -0.4 is 12.3 Å². The van der Waals surface area contributed by atoms with Crippen molar-refractivity contribution in [3.05, 3.63) is 0 Å². The molecule has 0 spiro atoms. The van der Waals surface area contributed by atoms with Crippen LogP contribution in [-0.4, -0.2) is 0 Å². The summed E-state index contributed by atoms with van der Waals surface area (Å²) >= 11 is 0. The molecule has 53 valence electrons. The van der Waals surface area contributed by atoms with Crippen molar-refractivity contribution in [3.63, 3.8) is 0 Å². The molecule has 0 fully saturated rings. The van der Waals surface area contributed by atoms with Crippen molar-refractivity contribution in [3.8, 4) is 0 Å². The Kier molecular flexibility index (Phi) is 632. The fourth-order valence-corrected chi connectivity index (χ4v) is 0. The molecular formula is H6AuN2NiPtW. The molecule has 0 aromatic heterocycles. The first-order valence-corrected chi connectivity index (χ1v) is 0. The summed E-state index contributed by atoms with van der Waals surface area (Å²) in [6, 6.07) is 0. The van der Waals surface area contributed by atoms with Crippen LogP contribution in [0.15, 0.2) is 0 Å². The molecule has 0 aliphatic carbocycles. The van der Waals surface area contributed by atoms with Gasteiger partial charge in [-0.25, -0.2) is 0 Å². The van der Waals surface area contributed by atoms with Crippen LogP contribution in [0.5, 0.6) is 0 Å². The Morgan fingerprint density at radius 2 is 0.833 bits per heavy atom. The SMILES string of the molecule is N.N.[Au].[Ni].[Pt].[W]. The van der Waals surface area contributed by atoms with Crippen molar-refractivity contribution in [2.45, 2.75) is 0 Å². The van der Waals surface area contributed by atoms with E-state index in [-0.39, 0.29) is 93.3 Å². The maximum Gasteiger partial charge on any atom is 0 e. The van der Waals surface area contributed by atoms with E-state index in [4.69, 9.17) is 0 Å². The van der Waals surface area contributed by atoms with E-state index >= 15 is 0 Å². The molecule has 0 atom stereocenters. The fourth-order valence-electron chi connectivity index (χ4n) is 0. The van der Waals surface area contributed by atoms with Crippen molar-refractivity contribution in [2.75, 3.05) is 0 Å². The van der Waals surface area contributed by atoms with E-state index in [1.807, 2.05) is 0 Å². The summed E-state index contributed by atoms with van der Waals surface area (Å²) in [7, 11) is 0. The summed E-state index contributed by atoms with van der Waals surface area (Å²) in [5.74, 6) is 0. The third kappa shape index (κ3) is 31.2. The molecule has 0 bridgehead atoms. The van der Waals surface area contributed by atoms with Crippen LogP contribution in [-0.2, 0) is 81.0 Å². The molecule has 6 heteroatoms. The Labute approximate surface area is 92.1 Å². The van der Waals surface area contributed by atoms with Crippen LogP contribution in [0.4, 0.5) is 0 Å². The maximum absolute atomic E-state index is 0. The zero-order valence-electron chi connectivity index (χ0n) is 2.76. The van der Waals surface area contributed by atoms with Crippen LogP contribution in [0.2, 0.25) is 0 Å². The van der Waals surface area contributed by atoms with Gasteiger partial charge in [-0.05, 0) is 0 Å². The van der Waals surface area contributed by atoms with Crippen LogP contribution >= 0.6 is 0 Å². The minimum Gasteiger partial charge on any atom is -0.344 e. The number of hydrogen-bond acceptors (Lipinski definition) is 2. The zero-order chi connectivity index (χ0) is 0. The minimum absolute atomic E-state index is 0. The largest absolute Gasteiger partial charge is 0.344 e. The monoisotopic (exact) mass is 668 g/mol. The summed E-state index contributed by atoms with van der Waals surface area (Å²) in [6.07, 6.45) is 0. The van der Waals surface area contributed by atoms with E-state index in [0.29, 0.717) is 0 Å². The van der Waals surface area contributed by atoms with Gasteiger partial charge in [-0.3, -0.25) is 0 Å². The summed E-state index contributed by atoms with van der Waals surface area (Å²) in [4.78, 5) is 0. The van der Waals surface area contributed by atoms with Crippen molar-refractivity contribution in [1.82, 2.24) is 12.3 Å². The first-order valence-electron chi connectivity index (χ1n) is 0. The van der Waals surface area contributed by atoms with Gasteiger partial charge in [0.1, 0.15) is 0 Å². The van der Waals surface area contributed by atoms with Gasteiger partial charge < -0.3 is 12.3 Å². The molecule has 0 aliphatic rings. The third-order valence-corrected chi connectivity index (χ3v) is 0. The second kappa shape index (κ2) is 50.2. The Bertz CT molecular complexity index is 13.5. The summed E-state index contributed by atoms with van der Waals surface area (Å²) < 4.78 is 0. The van der Waals surface area contributed by atoms with Gasteiger partial charge in [0.2, 0.25) is 0 Å². The Morgan fingerprint density at radius 3 is 0.833 bits per heavy atom. The second-order valence-electron chi connectivity index (χ2n) is 0. The predicted octanol–water partition coefficient (Wildman–Crippen LogP) is 0.314. The van der Waals surface area contributed by atoms with Crippen LogP contribution in [0.25, 0.3) is 0 Å².